The van der Waals surface area contributed by atoms with Gasteiger partial charge in [-0.3, -0.25) is 4.31 Å². The first kappa shape index (κ1) is 16.0. The van der Waals surface area contributed by atoms with Crippen LogP contribution in [0.5, 0.6) is 0 Å². The quantitative estimate of drug-likeness (QED) is 0.850. The van der Waals surface area contributed by atoms with Gasteiger partial charge in [0.25, 0.3) is 10.0 Å². The molecular formula is C16H17NO4S2. The standard InChI is InChI=1S/C16H17NO4S2/c1-12-11-13-5-3-4-6-16(13)17(12)23(20,21)15-9-7-14(8-10-15)22(2,18)19/h3-10,12H,11H2,1-2H3/t12-/m1/s1. The number of para-hydroxylation sites is 1. The van der Waals surface area contributed by atoms with Gasteiger partial charge in [-0.05, 0) is 49.2 Å². The second-order valence-electron chi connectivity index (χ2n) is 5.73. The molecule has 1 atom stereocenters. The van der Waals surface area contributed by atoms with Crippen molar-refractivity contribution in [2.45, 2.75) is 29.2 Å². The molecule has 0 saturated heterocycles. The highest BCUT2D eigenvalue weighted by Crippen LogP contribution is 2.36. The maximum Gasteiger partial charge on any atom is 0.264 e. The van der Waals surface area contributed by atoms with E-state index in [1.165, 1.54) is 28.6 Å². The number of anilines is 1. The zero-order valence-electron chi connectivity index (χ0n) is 12.8. The van der Waals surface area contributed by atoms with Crippen molar-refractivity contribution in [2.24, 2.45) is 0 Å². The van der Waals surface area contributed by atoms with Crippen molar-refractivity contribution < 1.29 is 16.8 Å². The van der Waals surface area contributed by atoms with E-state index in [2.05, 4.69) is 0 Å². The largest absolute Gasteiger partial charge is 0.264 e. The fourth-order valence-corrected chi connectivity index (χ4v) is 5.20. The average molecular weight is 351 g/mol. The van der Waals surface area contributed by atoms with Gasteiger partial charge in [-0.25, -0.2) is 16.8 Å². The van der Waals surface area contributed by atoms with Crippen LogP contribution in [0, 0.1) is 0 Å². The molecule has 0 bridgehead atoms. The number of hydrogen-bond donors (Lipinski definition) is 0. The zero-order valence-corrected chi connectivity index (χ0v) is 14.4. The molecule has 1 aliphatic heterocycles. The van der Waals surface area contributed by atoms with Crippen molar-refractivity contribution >= 4 is 25.5 Å². The maximum absolute atomic E-state index is 12.9. The number of nitrogens with zero attached hydrogens (tertiary/aromatic N) is 1. The number of fused-ring (bicyclic) bond motifs is 1. The Kier molecular flexibility index (Phi) is 3.72. The summed E-state index contributed by atoms with van der Waals surface area (Å²) in [5.41, 5.74) is 1.68. The van der Waals surface area contributed by atoms with Gasteiger partial charge in [-0.15, -0.1) is 0 Å². The van der Waals surface area contributed by atoms with E-state index in [1.807, 2.05) is 25.1 Å². The minimum absolute atomic E-state index is 0.0912. The van der Waals surface area contributed by atoms with E-state index in [0.29, 0.717) is 12.1 Å². The Hall–Kier alpha value is -1.86. The second kappa shape index (κ2) is 5.35. The van der Waals surface area contributed by atoms with E-state index in [1.54, 1.807) is 6.07 Å². The molecule has 0 amide bonds. The second-order valence-corrected chi connectivity index (χ2v) is 9.56. The highest BCUT2D eigenvalue weighted by molar-refractivity contribution is 7.93. The van der Waals surface area contributed by atoms with Crippen LogP contribution in [0.3, 0.4) is 0 Å². The molecule has 2 aromatic rings. The van der Waals surface area contributed by atoms with Crippen LogP contribution < -0.4 is 4.31 Å². The molecule has 7 heteroatoms. The molecule has 0 saturated carbocycles. The van der Waals surface area contributed by atoms with E-state index in [-0.39, 0.29) is 15.8 Å². The van der Waals surface area contributed by atoms with Crippen LogP contribution in [0.1, 0.15) is 12.5 Å². The van der Waals surface area contributed by atoms with E-state index >= 15 is 0 Å². The SMILES string of the molecule is C[C@@H]1Cc2ccccc2N1S(=O)(=O)c1ccc(S(C)(=O)=O)cc1. The number of sulfone groups is 1. The molecule has 0 spiro atoms. The van der Waals surface area contributed by atoms with Crippen molar-refractivity contribution in [3.05, 3.63) is 54.1 Å². The van der Waals surface area contributed by atoms with Crippen molar-refractivity contribution in [3.8, 4) is 0 Å². The van der Waals surface area contributed by atoms with E-state index < -0.39 is 19.9 Å². The Bertz CT molecular complexity index is 948. The van der Waals surface area contributed by atoms with E-state index in [9.17, 15) is 16.8 Å². The smallest absolute Gasteiger partial charge is 0.263 e. The molecule has 0 radical (unpaired) electrons. The monoisotopic (exact) mass is 351 g/mol. The molecule has 23 heavy (non-hydrogen) atoms. The highest BCUT2D eigenvalue weighted by Gasteiger charge is 2.35. The molecule has 1 heterocycles. The van der Waals surface area contributed by atoms with Crippen LogP contribution in [0.2, 0.25) is 0 Å². The molecule has 2 aromatic carbocycles. The van der Waals surface area contributed by atoms with Crippen molar-refractivity contribution in [1.82, 2.24) is 0 Å². The lowest BCUT2D eigenvalue weighted by Crippen LogP contribution is -2.35. The predicted octanol–water partition coefficient (Wildman–Crippen LogP) is 2.23. The first-order valence-electron chi connectivity index (χ1n) is 7.14. The van der Waals surface area contributed by atoms with Crippen LogP contribution >= 0.6 is 0 Å². The fraction of sp³-hybridized carbons (Fsp3) is 0.250. The van der Waals surface area contributed by atoms with Crippen LogP contribution in [0.15, 0.2) is 58.3 Å². The predicted molar refractivity (Wildman–Crippen MR) is 88.8 cm³/mol. The number of benzene rings is 2. The van der Waals surface area contributed by atoms with Crippen LogP contribution in [-0.2, 0) is 26.3 Å². The van der Waals surface area contributed by atoms with Gasteiger partial charge >= 0.3 is 0 Å². The number of rotatable bonds is 3. The first-order chi connectivity index (χ1) is 10.7. The highest BCUT2D eigenvalue weighted by atomic mass is 32.2. The number of sulfonamides is 1. The summed E-state index contributed by atoms with van der Waals surface area (Å²) in [4.78, 5) is 0.194. The fourth-order valence-electron chi connectivity index (χ4n) is 2.88. The van der Waals surface area contributed by atoms with Gasteiger partial charge in [0.15, 0.2) is 9.84 Å². The van der Waals surface area contributed by atoms with Gasteiger partial charge in [0, 0.05) is 12.3 Å². The van der Waals surface area contributed by atoms with Crippen molar-refractivity contribution in [3.63, 3.8) is 0 Å². The molecule has 0 aliphatic carbocycles. The van der Waals surface area contributed by atoms with Gasteiger partial charge in [-0.1, -0.05) is 18.2 Å². The van der Waals surface area contributed by atoms with Crippen molar-refractivity contribution in [1.29, 1.82) is 0 Å². The summed E-state index contributed by atoms with van der Waals surface area (Å²) >= 11 is 0. The Morgan fingerprint density at radius 1 is 0.913 bits per heavy atom. The Morgan fingerprint density at radius 2 is 1.48 bits per heavy atom. The molecule has 122 valence electrons. The third-order valence-corrected chi connectivity index (χ3v) is 7.02. The van der Waals surface area contributed by atoms with Gasteiger partial charge in [0.1, 0.15) is 0 Å². The van der Waals surface area contributed by atoms with Gasteiger partial charge in [0.2, 0.25) is 0 Å². The zero-order chi connectivity index (χ0) is 16.8. The summed E-state index contributed by atoms with van der Waals surface area (Å²) in [6.07, 6.45) is 1.76. The van der Waals surface area contributed by atoms with E-state index in [4.69, 9.17) is 0 Å². The molecule has 3 rings (SSSR count). The third kappa shape index (κ3) is 2.74. The molecule has 0 aromatic heterocycles. The summed E-state index contributed by atoms with van der Waals surface area (Å²) in [6.45, 7) is 1.86. The van der Waals surface area contributed by atoms with Crippen LogP contribution in [-0.4, -0.2) is 29.1 Å². The van der Waals surface area contributed by atoms with Crippen LogP contribution in [0.4, 0.5) is 5.69 Å². The summed E-state index contributed by atoms with van der Waals surface area (Å²) < 4.78 is 50.3. The Morgan fingerprint density at radius 3 is 2.09 bits per heavy atom. The van der Waals surface area contributed by atoms with Gasteiger partial charge < -0.3 is 0 Å². The normalized spacial score (nSPS) is 18.0. The average Bonchev–Trinajstić information content (AvgIpc) is 2.83. The lowest BCUT2D eigenvalue weighted by molar-refractivity contribution is 0.583. The van der Waals surface area contributed by atoms with Crippen LogP contribution in [0.25, 0.3) is 0 Å². The van der Waals surface area contributed by atoms with Gasteiger partial charge in [0.05, 0.1) is 15.5 Å². The molecule has 0 fully saturated rings. The topological polar surface area (TPSA) is 71.5 Å². The Balaban J connectivity index is 2.06. The minimum atomic E-state index is -3.73. The summed E-state index contributed by atoms with van der Waals surface area (Å²) in [5.74, 6) is 0. The summed E-state index contributed by atoms with van der Waals surface area (Å²) in [7, 11) is -7.08. The van der Waals surface area contributed by atoms with Crippen molar-refractivity contribution in [2.75, 3.05) is 10.6 Å². The summed E-state index contributed by atoms with van der Waals surface area (Å²) in [6, 6.07) is 12.6. The lowest BCUT2D eigenvalue weighted by atomic mass is 10.1. The number of hydrogen-bond acceptors (Lipinski definition) is 4. The van der Waals surface area contributed by atoms with Gasteiger partial charge in [-0.2, -0.15) is 0 Å². The maximum atomic E-state index is 12.9. The molecule has 0 N–H and O–H groups in total. The molecule has 1 aliphatic rings. The molecule has 0 unspecified atom stereocenters. The van der Waals surface area contributed by atoms with E-state index in [0.717, 1.165) is 11.8 Å². The molecule has 5 nitrogen and oxygen atoms in total. The lowest BCUT2D eigenvalue weighted by Gasteiger charge is -2.24. The first-order valence-corrected chi connectivity index (χ1v) is 10.5. The third-order valence-electron chi connectivity index (χ3n) is 3.95. The summed E-state index contributed by atoms with van der Waals surface area (Å²) in [5, 5.41) is 0. The minimum Gasteiger partial charge on any atom is -0.263 e. The Labute approximate surface area is 136 Å². The molecular weight excluding hydrogens is 334 g/mol.